The Morgan fingerprint density at radius 2 is 2.30 bits per heavy atom. The van der Waals surface area contributed by atoms with Crippen LogP contribution in [0.2, 0.25) is 5.02 Å². The second kappa shape index (κ2) is 7.38. The van der Waals surface area contributed by atoms with E-state index in [2.05, 4.69) is 10.3 Å². The van der Waals surface area contributed by atoms with Crippen molar-refractivity contribution in [3.8, 4) is 0 Å². The summed E-state index contributed by atoms with van der Waals surface area (Å²) in [6.07, 6.45) is 3.68. The SMILES string of the molecule is Cn1ccnc1C1CNCCN1C(=O)CSc1ccccc1Cl. The third-order valence-corrected chi connectivity index (χ3v) is 5.41. The maximum Gasteiger partial charge on any atom is 0.233 e. The molecule has 1 saturated heterocycles. The minimum absolute atomic E-state index is 0.0249. The van der Waals surface area contributed by atoms with Gasteiger partial charge >= 0.3 is 0 Å². The predicted octanol–water partition coefficient (Wildman–Crippen LogP) is 2.34. The number of piperazine rings is 1. The van der Waals surface area contributed by atoms with Crippen LogP contribution in [-0.2, 0) is 11.8 Å². The summed E-state index contributed by atoms with van der Waals surface area (Å²) in [5.74, 6) is 1.41. The smallest absolute Gasteiger partial charge is 0.233 e. The monoisotopic (exact) mass is 350 g/mol. The van der Waals surface area contributed by atoms with E-state index in [9.17, 15) is 4.79 Å². The average Bonchev–Trinajstić information content (AvgIpc) is 3.00. The molecule has 122 valence electrons. The molecule has 0 saturated carbocycles. The van der Waals surface area contributed by atoms with E-state index in [1.807, 2.05) is 47.0 Å². The van der Waals surface area contributed by atoms with Crippen molar-refractivity contribution in [2.75, 3.05) is 25.4 Å². The van der Waals surface area contributed by atoms with E-state index in [4.69, 9.17) is 11.6 Å². The molecule has 1 amide bonds. The number of nitrogens with zero attached hydrogens (tertiary/aromatic N) is 3. The van der Waals surface area contributed by atoms with Gasteiger partial charge in [0.1, 0.15) is 11.9 Å². The standard InChI is InChI=1S/C16H19ClN4OS/c1-20-8-7-19-16(20)13-10-18-6-9-21(13)15(22)11-23-14-5-3-2-4-12(14)17/h2-5,7-8,13,18H,6,9-11H2,1H3. The number of halogens is 1. The van der Waals surface area contributed by atoms with Gasteiger partial charge in [0, 0.05) is 44.0 Å². The molecule has 1 aromatic heterocycles. The van der Waals surface area contributed by atoms with Gasteiger partial charge in [-0.2, -0.15) is 0 Å². The number of carbonyl (C=O) groups is 1. The Morgan fingerprint density at radius 1 is 1.48 bits per heavy atom. The number of benzene rings is 1. The Kier molecular flexibility index (Phi) is 5.25. The topological polar surface area (TPSA) is 50.2 Å². The number of aromatic nitrogens is 2. The van der Waals surface area contributed by atoms with Crippen molar-refractivity contribution in [3.05, 3.63) is 47.5 Å². The normalized spacial score (nSPS) is 18.2. The molecule has 1 unspecified atom stereocenters. The Labute approximate surface area is 145 Å². The minimum Gasteiger partial charge on any atom is -0.336 e. The molecule has 5 nitrogen and oxygen atoms in total. The van der Waals surface area contributed by atoms with Crippen LogP contribution in [0, 0.1) is 0 Å². The number of thioether (sulfide) groups is 1. The summed E-state index contributed by atoms with van der Waals surface area (Å²) in [5.41, 5.74) is 0. The van der Waals surface area contributed by atoms with Gasteiger partial charge in [-0.3, -0.25) is 4.79 Å². The number of aryl methyl sites for hydroxylation is 1. The fraction of sp³-hybridized carbons (Fsp3) is 0.375. The van der Waals surface area contributed by atoms with Gasteiger partial charge in [0.2, 0.25) is 5.91 Å². The zero-order chi connectivity index (χ0) is 16.2. The van der Waals surface area contributed by atoms with E-state index >= 15 is 0 Å². The first-order valence-corrected chi connectivity index (χ1v) is 8.88. The summed E-state index contributed by atoms with van der Waals surface area (Å²) < 4.78 is 1.97. The summed E-state index contributed by atoms with van der Waals surface area (Å²) >= 11 is 7.64. The lowest BCUT2D eigenvalue weighted by Gasteiger charge is -2.35. The highest BCUT2D eigenvalue weighted by Gasteiger charge is 2.30. The number of hydrogen-bond acceptors (Lipinski definition) is 4. The lowest BCUT2D eigenvalue weighted by molar-refractivity contribution is -0.131. The molecule has 1 aliphatic heterocycles. The number of carbonyl (C=O) groups excluding carboxylic acids is 1. The number of imidazole rings is 1. The van der Waals surface area contributed by atoms with Crippen molar-refractivity contribution < 1.29 is 4.79 Å². The van der Waals surface area contributed by atoms with Crippen LogP contribution in [0.15, 0.2) is 41.6 Å². The quantitative estimate of drug-likeness (QED) is 0.860. The maximum atomic E-state index is 12.7. The second-order valence-corrected chi connectivity index (χ2v) is 6.85. The lowest BCUT2D eigenvalue weighted by Crippen LogP contribution is -2.50. The first-order valence-electron chi connectivity index (χ1n) is 7.51. The summed E-state index contributed by atoms with van der Waals surface area (Å²) in [6, 6.07) is 7.58. The van der Waals surface area contributed by atoms with E-state index in [1.54, 1.807) is 6.20 Å². The number of nitrogens with one attached hydrogen (secondary N) is 1. The second-order valence-electron chi connectivity index (χ2n) is 5.42. The molecule has 0 aliphatic carbocycles. The molecule has 2 aromatic rings. The van der Waals surface area contributed by atoms with Crippen molar-refractivity contribution in [2.24, 2.45) is 7.05 Å². The third-order valence-electron chi connectivity index (χ3n) is 3.91. The molecular formula is C16H19ClN4OS. The van der Waals surface area contributed by atoms with E-state index < -0.39 is 0 Å². The van der Waals surface area contributed by atoms with Crippen LogP contribution in [0.5, 0.6) is 0 Å². The van der Waals surface area contributed by atoms with Crippen molar-refractivity contribution in [3.63, 3.8) is 0 Å². The average molecular weight is 351 g/mol. The first kappa shape index (κ1) is 16.4. The van der Waals surface area contributed by atoms with Gasteiger partial charge in [0.15, 0.2) is 0 Å². The van der Waals surface area contributed by atoms with Crippen LogP contribution in [-0.4, -0.2) is 45.7 Å². The van der Waals surface area contributed by atoms with Crippen molar-refractivity contribution in [1.82, 2.24) is 19.8 Å². The molecule has 1 fully saturated rings. The molecular weight excluding hydrogens is 332 g/mol. The summed E-state index contributed by atoms with van der Waals surface area (Å²) in [4.78, 5) is 20.0. The van der Waals surface area contributed by atoms with E-state index in [-0.39, 0.29) is 11.9 Å². The summed E-state index contributed by atoms with van der Waals surface area (Å²) in [5, 5.41) is 4.03. The van der Waals surface area contributed by atoms with Gasteiger partial charge in [-0.25, -0.2) is 4.98 Å². The lowest BCUT2D eigenvalue weighted by atomic mass is 10.1. The zero-order valence-corrected chi connectivity index (χ0v) is 14.5. The van der Waals surface area contributed by atoms with E-state index in [0.29, 0.717) is 17.3 Å². The van der Waals surface area contributed by atoms with Crippen LogP contribution in [0.3, 0.4) is 0 Å². The van der Waals surface area contributed by atoms with Crippen molar-refractivity contribution in [1.29, 1.82) is 0 Å². The van der Waals surface area contributed by atoms with Crippen LogP contribution in [0.25, 0.3) is 0 Å². The highest BCUT2D eigenvalue weighted by molar-refractivity contribution is 8.00. The molecule has 1 atom stereocenters. The molecule has 1 aliphatic rings. The van der Waals surface area contributed by atoms with Gasteiger partial charge in [-0.1, -0.05) is 23.7 Å². The number of amides is 1. The number of rotatable bonds is 4. The molecule has 1 N–H and O–H groups in total. The molecule has 3 rings (SSSR count). The van der Waals surface area contributed by atoms with Crippen molar-refractivity contribution >= 4 is 29.3 Å². The number of hydrogen-bond donors (Lipinski definition) is 1. The Morgan fingerprint density at radius 3 is 3.04 bits per heavy atom. The Balaban J connectivity index is 1.69. The molecule has 0 spiro atoms. The molecule has 2 heterocycles. The van der Waals surface area contributed by atoms with Gasteiger partial charge < -0.3 is 14.8 Å². The Bertz CT molecular complexity index is 690. The van der Waals surface area contributed by atoms with E-state index in [0.717, 1.165) is 23.8 Å². The zero-order valence-electron chi connectivity index (χ0n) is 12.9. The molecule has 7 heteroatoms. The van der Waals surface area contributed by atoms with Gasteiger partial charge in [0.25, 0.3) is 0 Å². The van der Waals surface area contributed by atoms with Gasteiger partial charge in [-0.15, -0.1) is 11.8 Å². The summed E-state index contributed by atoms with van der Waals surface area (Å²) in [7, 11) is 1.96. The highest BCUT2D eigenvalue weighted by atomic mass is 35.5. The fourth-order valence-electron chi connectivity index (χ4n) is 2.72. The Hall–Kier alpha value is -1.50. The predicted molar refractivity (Wildman–Crippen MR) is 92.7 cm³/mol. The third kappa shape index (κ3) is 3.71. The van der Waals surface area contributed by atoms with Gasteiger partial charge in [-0.05, 0) is 12.1 Å². The molecule has 0 radical (unpaired) electrons. The maximum absolute atomic E-state index is 12.7. The van der Waals surface area contributed by atoms with E-state index in [1.165, 1.54) is 11.8 Å². The largest absolute Gasteiger partial charge is 0.336 e. The molecule has 1 aromatic carbocycles. The highest BCUT2D eigenvalue weighted by Crippen LogP contribution is 2.28. The van der Waals surface area contributed by atoms with Crippen molar-refractivity contribution in [2.45, 2.75) is 10.9 Å². The van der Waals surface area contributed by atoms with Crippen LogP contribution < -0.4 is 5.32 Å². The van der Waals surface area contributed by atoms with Crippen LogP contribution in [0.1, 0.15) is 11.9 Å². The van der Waals surface area contributed by atoms with Crippen LogP contribution in [0.4, 0.5) is 0 Å². The summed E-state index contributed by atoms with van der Waals surface area (Å²) in [6.45, 7) is 2.23. The molecule has 0 bridgehead atoms. The van der Waals surface area contributed by atoms with Gasteiger partial charge in [0.05, 0.1) is 10.8 Å². The molecule has 23 heavy (non-hydrogen) atoms. The first-order chi connectivity index (χ1) is 11.2. The van der Waals surface area contributed by atoms with Crippen LogP contribution >= 0.6 is 23.4 Å². The fourth-order valence-corrected chi connectivity index (χ4v) is 3.84. The minimum atomic E-state index is -0.0249.